The lowest BCUT2D eigenvalue weighted by atomic mass is 9.93. The number of Topliss-reactive ketones (excluding diaryl/α,β-unsaturated/α-hetero) is 1. The van der Waals surface area contributed by atoms with Gasteiger partial charge in [0.25, 0.3) is 5.91 Å². The van der Waals surface area contributed by atoms with E-state index in [0.717, 1.165) is 25.7 Å². The molecule has 0 aromatic rings. The maximum atomic E-state index is 12.2. The van der Waals surface area contributed by atoms with Crippen molar-refractivity contribution in [2.45, 2.75) is 45.1 Å². The summed E-state index contributed by atoms with van der Waals surface area (Å²) in [6.45, 7) is 3.87. The van der Waals surface area contributed by atoms with Crippen LogP contribution < -0.4 is 0 Å². The van der Waals surface area contributed by atoms with E-state index >= 15 is 0 Å². The van der Waals surface area contributed by atoms with E-state index in [1.54, 1.807) is 0 Å². The number of hydrogen-bond donors (Lipinski definition) is 0. The lowest BCUT2D eigenvalue weighted by Crippen LogP contribution is -2.49. The number of ketones is 1. The molecule has 2 aliphatic rings. The van der Waals surface area contributed by atoms with Crippen molar-refractivity contribution in [3.05, 3.63) is 0 Å². The summed E-state index contributed by atoms with van der Waals surface area (Å²) in [5.74, 6) is 0.438. The molecule has 0 bridgehead atoms. The first-order valence-corrected chi connectivity index (χ1v) is 6.65. The number of likely N-dealkylation sites (tertiary alicyclic amines) is 1. The maximum absolute atomic E-state index is 12.2. The van der Waals surface area contributed by atoms with Gasteiger partial charge in [-0.15, -0.1) is 0 Å². The molecule has 17 heavy (non-hydrogen) atoms. The van der Waals surface area contributed by atoms with Crippen molar-refractivity contribution in [3.8, 4) is 0 Å². The van der Waals surface area contributed by atoms with Crippen LogP contribution in [0.3, 0.4) is 0 Å². The van der Waals surface area contributed by atoms with Crippen molar-refractivity contribution >= 4 is 11.7 Å². The second-order valence-corrected chi connectivity index (χ2v) is 4.96. The van der Waals surface area contributed by atoms with Crippen LogP contribution in [-0.4, -0.2) is 42.4 Å². The van der Waals surface area contributed by atoms with Crippen LogP contribution in [0, 0.1) is 5.92 Å². The molecule has 0 aromatic carbocycles. The maximum Gasteiger partial charge on any atom is 0.251 e. The standard InChI is InChI=1S/C13H21NO3/c1-2-10-9-14(7-6-11(10)15)13(16)12-5-3-4-8-17-12/h10,12H,2-9H2,1H3. The number of amides is 1. The molecule has 0 aliphatic carbocycles. The lowest BCUT2D eigenvalue weighted by molar-refractivity contribution is -0.150. The van der Waals surface area contributed by atoms with Gasteiger partial charge in [0.05, 0.1) is 0 Å². The summed E-state index contributed by atoms with van der Waals surface area (Å²) < 4.78 is 5.51. The molecule has 2 saturated heterocycles. The Labute approximate surface area is 102 Å². The topological polar surface area (TPSA) is 46.6 Å². The van der Waals surface area contributed by atoms with Crippen LogP contribution >= 0.6 is 0 Å². The smallest absolute Gasteiger partial charge is 0.251 e. The van der Waals surface area contributed by atoms with Gasteiger partial charge in [-0.3, -0.25) is 9.59 Å². The highest BCUT2D eigenvalue weighted by atomic mass is 16.5. The van der Waals surface area contributed by atoms with E-state index in [-0.39, 0.29) is 17.9 Å². The van der Waals surface area contributed by atoms with Crippen molar-refractivity contribution in [2.24, 2.45) is 5.92 Å². The first kappa shape index (κ1) is 12.6. The summed E-state index contributed by atoms with van der Waals surface area (Å²) in [6, 6.07) is 0. The third-order valence-corrected chi connectivity index (χ3v) is 3.78. The number of hydrogen-bond acceptors (Lipinski definition) is 3. The number of ether oxygens (including phenoxy) is 1. The molecular formula is C13H21NO3. The van der Waals surface area contributed by atoms with E-state index in [0.29, 0.717) is 31.9 Å². The first-order chi connectivity index (χ1) is 8.22. The van der Waals surface area contributed by atoms with E-state index in [1.807, 2.05) is 11.8 Å². The average Bonchev–Trinajstić information content (AvgIpc) is 2.39. The summed E-state index contributed by atoms with van der Waals surface area (Å²) in [7, 11) is 0. The highest BCUT2D eigenvalue weighted by Crippen LogP contribution is 2.20. The van der Waals surface area contributed by atoms with Crippen molar-refractivity contribution < 1.29 is 14.3 Å². The van der Waals surface area contributed by atoms with Crippen molar-refractivity contribution in [1.29, 1.82) is 0 Å². The minimum absolute atomic E-state index is 0.0382. The minimum Gasteiger partial charge on any atom is -0.368 e. The number of nitrogens with zero attached hydrogens (tertiary/aromatic N) is 1. The Morgan fingerprint density at radius 2 is 2.29 bits per heavy atom. The number of carbonyl (C=O) groups is 2. The Hall–Kier alpha value is -0.900. The average molecular weight is 239 g/mol. The molecule has 2 fully saturated rings. The van der Waals surface area contributed by atoms with Gasteiger partial charge in [-0.1, -0.05) is 6.92 Å². The monoisotopic (exact) mass is 239 g/mol. The van der Waals surface area contributed by atoms with E-state index in [1.165, 1.54) is 0 Å². The zero-order valence-electron chi connectivity index (χ0n) is 10.5. The Balaban J connectivity index is 1.92. The van der Waals surface area contributed by atoms with Crippen LogP contribution in [0.25, 0.3) is 0 Å². The fraction of sp³-hybridized carbons (Fsp3) is 0.846. The molecule has 1 amide bonds. The Kier molecular flexibility index (Phi) is 4.15. The molecule has 0 spiro atoms. The van der Waals surface area contributed by atoms with Gasteiger partial charge in [-0.25, -0.2) is 0 Å². The van der Waals surface area contributed by atoms with Gasteiger partial charge in [0, 0.05) is 32.0 Å². The van der Waals surface area contributed by atoms with Crippen LogP contribution in [0.15, 0.2) is 0 Å². The number of piperidine rings is 1. The lowest BCUT2D eigenvalue weighted by Gasteiger charge is -2.34. The number of carbonyl (C=O) groups excluding carboxylic acids is 2. The fourth-order valence-electron chi connectivity index (χ4n) is 2.60. The minimum atomic E-state index is -0.255. The van der Waals surface area contributed by atoms with Crippen LogP contribution in [0.5, 0.6) is 0 Å². The molecule has 0 N–H and O–H groups in total. The third kappa shape index (κ3) is 2.86. The molecule has 4 nitrogen and oxygen atoms in total. The third-order valence-electron chi connectivity index (χ3n) is 3.78. The van der Waals surface area contributed by atoms with Crippen LogP contribution in [-0.2, 0) is 14.3 Å². The van der Waals surface area contributed by atoms with Gasteiger partial charge in [-0.05, 0) is 25.7 Å². The van der Waals surface area contributed by atoms with Gasteiger partial charge in [0.1, 0.15) is 11.9 Å². The Morgan fingerprint density at radius 3 is 2.94 bits per heavy atom. The fourth-order valence-corrected chi connectivity index (χ4v) is 2.60. The van der Waals surface area contributed by atoms with Crippen LogP contribution in [0.2, 0.25) is 0 Å². The highest BCUT2D eigenvalue weighted by Gasteiger charge is 2.33. The van der Waals surface area contributed by atoms with Gasteiger partial charge in [0.2, 0.25) is 0 Å². The second kappa shape index (κ2) is 5.63. The van der Waals surface area contributed by atoms with Crippen molar-refractivity contribution in [2.75, 3.05) is 19.7 Å². The quantitative estimate of drug-likeness (QED) is 0.731. The molecule has 0 radical (unpaired) electrons. The molecule has 0 saturated carbocycles. The predicted octanol–water partition coefficient (Wildman–Crippen LogP) is 1.38. The highest BCUT2D eigenvalue weighted by molar-refractivity contribution is 5.86. The van der Waals surface area contributed by atoms with Crippen LogP contribution in [0.1, 0.15) is 39.0 Å². The van der Waals surface area contributed by atoms with Gasteiger partial charge in [0.15, 0.2) is 0 Å². The zero-order chi connectivity index (χ0) is 12.3. The largest absolute Gasteiger partial charge is 0.368 e. The summed E-state index contributed by atoms with van der Waals surface area (Å²) in [6.07, 6.45) is 4.04. The van der Waals surface area contributed by atoms with E-state index in [2.05, 4.69) is 0 Å². The Morgan fingerprint density at radius 1 is 1.47 bits per heavy atom. The number of rotatable bonds is 2. The van der Waals surface area contributed by atoms with E-state index < -0.39 is 0 Å². The first-order valence-electron chi connectivity index (χ1n) is 6.65. The van der Waals surface area contributed by atoms with Crippen LogP contribution in [0.4, 0.5) is 0 Å². The molecule has 2 rings (SSSR count). The summed E-state index contributed by atoms with van der Waals surface area (Å²) in [5.41, 5.74) is 0. The Bertz CT molecular complexity index is 297. The van der Waals surface area contributed by atoms with Crippen molar-refractivity contribution in [3.63, 3.8) is 0 Å². The summed E-state index contributed by atoms with van der Waals surface area (Å²) >= 11 is 0. The molecular weight excluding hydrogens is 218 g/mol. The van der Waals surface area contributed by atoms with E-state index in [9.17, 15) is 9.59 Å². The molecule has 2 aliphatic heterocycles. The molecule has 2 heterocycles. The molecule has 0 aromatic heterocycles. The van der Waals surface area contributed by atoms with Crippen molar-refractivity contribution in [1.82, 2.24) is 4.90 Å². The molecule has 96 valence electrons. The summed E-state index contributed by atoms with van der Waals surface area (Å²) in [4.78, 5) is 25.6. The normalized spacial score (nSPS) is 30.4. The molecule has 2 atom stereocenters. The van der Waals surface area contributed by atoms with E-state index in [4.69, 9.17) is 4.74 Å². The zero-order valence-corrected chi connectivity index (χ0v) is 10.5. The summed E-state index contributed by atoms with van der Waals surface area (Å²) in [5, 5.41) is 0. The SMILES string of the molecule is CCC1CN(C(=O)C2CCCCO2)CCC1=O. The second-order valence-electron chi connectivity index (χ2n) is 4.96. The molecule has 2 unspecified atom stereocenters. The van der Waals surface area contributed by atoms with Gasteiger partial charge >= 0.3 is 0 Å². The predicted molar refractivity (Wildman–Crippen MR) is 63.6 cm³/mol. The van der Waals surface area contributed by atoms with Gasteiger partial charge in [-0.2, -0.15) is 0 Å². The van der Waals surface area contributed by atoms with Gasteiger partial charge < -0.3 is 9.64 Å². The molecule has 4 heteroatoms.